The number of halogens is 1. The molecule has 0 aliphatic heterocycles. The number of aryl methyl sites for hydroxylation is 2. The number of rotatable bonds is 4. The largest absolute Gasteiger partial charge is 0.303 e. The van der Waals surface area contributed by atoms with Gasteiger partial charge in [-0.3, -0.25) is 0 Å². The Morgan fingerprint density at radius 3 is 2.67 bits per heavy atom. The molecule has 0 saturated carbocycles. The molecule has 21 heavy (non-hydrogen) atoms. The minimum atomic E-state index is 0.304. The highest BCUT2D eigenvalue weighted by Gasteiger charge is 2.18. The molecule has 1 unspecified atom stereocenters. The van der Waals surface area contributed by atoms with E-state index in [2.05, 4.69) is 31.3 Å². The van der Waals surface area contributed by atoms with Crippen LogP contribution in [0.1, 0.15) is 59.7 Å². The van der Waals surface area contributed by atoms with Crippen molar-refractivity contribution in [1.29, 1.82) is 0 Å². The van der Waals surface area contributed by atoms with Crippen LogP contribution in [-0.4, -0.2) is 0 Å². The lowest BCUT2D eigenvalue weighted by Crippen LogP contribution is -2.21. The van der Waals surface area contributed by atoms with Crippen LogP contribution in [0.2, 0.25) is 5.02 Å². The fraction of sp³-hybridized carbons (Fsp3) is 0.444. The molecule has 0 amide bonds. The Kier molecular flexibility index (Phi) is 4.68. The zero-order valence-corrected chi connectivity index (χ0v) is 14.2. The third-order valence-electron chi connectivity index (χ3n) is 4.29. The van der Waals surface area contributed by atoms with Crippen LogP contribution in [0.15, 0.2) is 30.3 Å². The standard InChI is InChI=1S/C18H22ClNS/c1-12(14-7-5-8-16(19)10-14)20-13(2)18-11-15-6-3-4-9-17(15)21-18/h5,7-8,10-13,20H,3-4,6,9H2,1-2H3/t12-,13?/m0/s1. The molecule has 1 aromatic heterocycles. The van der Waals surface area contributed by atoms with Gasteiger partial charge in [-0.25, -0.2) is 0 Å². The number of fused-ring (bicyclic) bond motifs is 1. The van der Waals surface area contributed by atoms with Crippen molar-refractivity contribution in [3.8, 4) is 0 Å². The molecular formula is C18H22ClNS. The van der Waals surface area contributed by atoms with Crippen molar-refractivity contribution in [1.82, 2.24) is 5.32 Å². The van der Waals surface area contributed by atoms with Crippen molar-refractivity contribution in [3.63, 3.8) is 0 Å². The maximum atomic E-state index is 6.09. The van der Waals surface area contributed by atoms with Crippen LogP contribution in [0, 0.1) is 0 Å². The molecule has 1 N–H and O–H groups in total. The number of nitrogens with one attached hydrogen (secondary N) is 1. The summed E-state index contributed by atoms with van der Waals surface area (Å²) in [6.45, 7) is 4.47. The quantitative estimate of drug-likeness (QED) is 0.763. The van der Waals surface area contributed by atoms with Gasteiger partial charge in [-0.15, -0.1) is 11.3 Å². The summed E-state index contributed by atoms with van der Waals surface area (Å²) in [5.74, 6) is 0. The smallest absolute Gasteiger partial charge is 0.0409 e. The van der Waals surface area contributed by atoms with E-state index >= 15 is 0 Å². The van der Waals surface area contributed by atoms with Crippen LogP contribution >= 0.6 is 22.9 Å². The molecule has 2 atom stereocenters. The first-order valence-electron chi connectivity index (χ1n) is 7.76. The van der Waals surface area contributed by atoms with Crippen molar-refractivity contribution >= 4 is 22.9 Å². The SMILES string of the molecule is CC(N[C@@H](C)c1cccc(Cl)c1)c1cc2c(s1)CCCC2. The van der Waals surface area contributed by atoms with Crippen molar-refractivity contribution in [2.24, 2.45) is 0 Å². The summed E-state index contributed by atoms with van der Waals surface area (Å²) in [6.07, 6.45) is 5.25. The number of thiophene rings is 1. The summed E-state index contributed by atoms with van der Waals surface area (Å²) in [4.78, 5) is 3.08. The molecule has 0 bridgehead atoms. The normalized spacial score (nSPS) is 17.3. The van der Waals surface area contributed by atoms with Crippen LogP contribution in [0.5, 0.6) is 0 Å². The topological polar surface area (TPSA) is 12.0 Å². The Hall–Kier alpha value is -0.830. The fourth-order valence-electron chi connectivity index (χ4n) is 3.06. The molecule has 1 aliphatic carbocycles. The molecule has 0 radical (unpaired) electrons. The average molecular weight is 320 g/mol. The predicted octanol–water partition coefficient (Wildman–Crippen LogP) is 5.69. The Labute approximate surface area is 136 Å². The first-order valence-corrected chi connectivity index (χ1v) is 8.96. The molecular weight excluding hydrogens is 298 g/mol. The van der Waals surface area contributed by atoms with Gasteiger partial charge in [-0.1, -0.05) is 23.7 Å². The maximum Gasteiger partial charge on any atom is 0.0409 e. The molecule has 3 heteroatoms. The second-order valence-corrected chi connectivity index (χ2v) is 7.57. The first kappa shape index (κ1) is 15.1. The highest BCUT2D eigenvalue weighted by atomic mass is 35.5. The molecule has 1 aliphatic rings. The Balaban J connectivity index is 1.70. The molecule has 0 spiro atoms. The van der Waals surface area contributed by atoms with Crippen molar-refractivity contribution in [2.75, 3.05) is 0 Å². The lowest BCUT2D eigenvalue weighted by Gasteiger charge is -2.19. The van der Waals surface area contributed by atoms with Gasteiger partial charge >= 0.3 is 0 Å². The second-order valence-electron chi connectivity index (χ2n) is 5.97. The lowest BCUT2D eigenvalue weighted by molar-refractivity contribution is 0.500. The van der Waals surface area contributed by atoms with Crippen LogP contribution in [0.3, 0.4) is 0 Å². The Bertz CT molecular complexity index is 596. The van der Waals surface area contributed by atoms with Gasteiger partial charge < -0.3 is 5.32 Å². The van der Waals surface area contributed by atoms with E-state index < -0.39 is 0 Å². The van der Waals surface area contributed by atoms with Gasteiger partial charge in [0.2, 0.25) is 0 Å². The minimum absolute atomic E-state index is 0.304. The predicted molar refractivity (Wildman–Crippen MR) is 92.4 cm³/mol. The van der Waals surface area contributed by atoms with Gasteiger partial charge in [0.05, 0.1) is 0 Å². The van der Waals surface area contributed by atoms with Gasteiger partial charge in [-0.2, -0.15) is 0 Å². The summed E-state index contributed by atoms with van der Waals surface area (Å²) in [5, 5.41) is 4.51. The third kappa shape index (κ3) is 3.50. The van der Waals surface area contributed by atoms with E-state index in [9.17, 15) is 0 Å². The number of hydrogen-bond acceptors (Lipinski definition) is 2. The molecule has 2 aromatic rings. The number of hydrogen-bond donors (Lipinski definition) is 1. The molecule has 3 rings (SSSR count). The van der Waals surface area contributed by atoms with Gasteiger partial charge in [0.15, 0.2) is 0 Å². The van der Waals surface area contributed by atoms with E-state index in [0.29, 0.717) is 12.1 Å². The molecule has 0 saturated heterocycles. The minimum Gasteiger partial charge on any atom is -0.303 e. The zero-order chi connectivity index (χ0) is 14.8. The first-order chi connectivity index (χ1) is 10.1. The van der Waals surface area contributed by atoms with Crippen LogP contribution in [0.4, 0.5) is 0 Å². The molecule has 1 aromatic carbocycles. The van der Waals surface area contributed by atoms with E-state index in [1.165, 1.54) is 36.1 Å². The monoisotopic (exact) mass is 319 g/mol. The van der Waals surface area contributed by atoms with Crippen molar-refractivity contribution in [3.05, 3.63) is 56.2 Å². The van der Waals surface area contributed by atoms with Crippen LogP contribution in [0.25, 0.3) is 0 Å². The van der Waals surface area contributed by atoms with Gasteiger partial charge in [0, 0.05) is 26.9 Å². The van der Waals surface area contributed by atoms with Gasteiger partial charge in [0.1, 0.15) is 0 Å². The lowest BCUT2D eigenvalue weighted by atomic mass is 9.99. The van der Waals surface area contributed by atoms with E-state index in [0.717, 1.165) is 5.02 Å². The van der Waals surface area contributed by atoms with Crippen molar-refractivity contribution < 1.29 is 0 Å². The summed E-state index contributed by atoms with van der Waals surface area (Å²) in [7, 11) is 0. The summed E-state index contributed by atoms with van der Waals surface area (Å²) >= 11 is 8.08. The van der Waals surface area contributed by atoms with Crippen molar-refractivity contribution in [2.45, 2.75) is 51.6 Å². The average Bonchev–Trinajstić information content (AvgIpc) is 2.91. The maximum absolute atomic E-state index is 6.09. The van der Waals surface area contributed by atoms with E-state index in [4.69, 9.17) is 11.6 Å². The molecule has 1 nitrogen and oxygen atoms in total. The Morgan fingerprint density at radius 1 is 1.10 bits per heavy atom. The second kappa shape index (κ2) is 6.51. The van der Waals surface area contributed by atoms with E-state index in [1.807, 2.05) is 29.5 Å². The summed E-state index contributed by atoms with van der Waals surface area (Å²) in [6, 6.07) is 11.2. The summed E-state index contributed by atoms with van der Waals surface area (Å²) in [5.41, 5.74) is 2.83. The summed E-state index contributed by atoms with van der Waals surface area (Å²) < 4.78 is 0. The molecule has 1 heterocycles. The fourth-order valence-corrected chi connectivity index (χ4v) is 4.52. The Morgan fingerprint density at radius 2 is 1.90 bits per heavy atom. The van der Waals surface area contributed by atoms with Gasteiger partial charge in [0.25, 0.3) is 0 Å². The van der Waals surface area contributed by atoms with E-state index in [1.54, 1.807) is 10.4 Å². The number of benzene rings is 1. The third-order valence-corrected chi connectivity index (χ3v) is 5.95. The van der Waals surface area contributed by atoms with E-state index in [-0.39, 0.29) is 0 Å². The highest BCUT2D eigenvalue weighted by molar-refractivity contribution is 7.12. The molecule has 0 fully saturated rings. The molecule has 112 valence electrons. The van der Waals surface area contributed by atoms with Gasteiger partial charge in [-0.05, 0) is 68.9 Å². The van der Waals surface area contributed by atoms with Crippen LogP contribution < -0.4 is 5.32 Å². The van der Waals surface area contributed by atoms with Crippen LogP contribution in [-0.2, 0) is 12.8 Å². The zero-order valence-electron chi connectivity index (χ0n) is 12.7. The highest BCUT2D eigenvalue weighted by Crippen LogP contribution is 2.33.